The molecule has 1 amide bonds. The van der Waals surface area contributed by atoms with Crippen LogP contribution in [0.5, 0.6) is 5.75 Å². The minimum absolute atomic E-state index is 0.197. The summed E-state index contributed by atoms with van der Waals surface area (Å²) in [6.07, 6.45) is 0. The normalized spacial score (nSPS) is 14.6. The van der Waals surface area contributed by atoms with E-state index in [4.69, 9.17) is 4.74 Å². The predicted molar refractivity (Wildman–Crippen MR) is 123 cm³/mol. The largest absolute Gasteiger partial charge is 0.497 e. The van der Waals surface area contributed by atoms with Gasteiger partial charge < -0.3 is 19.9 Å². The van der Waals surface area contributed by atoms with Gasteiger partial charge in [0.2, 0.25) is 0 Å². The van der Waals surface area contributed by atoms with Crippen LogP contribution in [0.15, 0.2) is 47.8 Å². The fraction of sp³-hybridized carbons (Fsp3) is 0.304. The number of amides is 1. The van der Waals surface area contributed by atoms with Crippen LogP contribution in [-0.2, 0) is 0 Å². The van der Waals surface area contributed by atoms with Gasteiger partial charge in [0.1, 0.15) is 16.5 Å². The van der Waals surface area contributed by atoms with Crippen LogP contribution in [0.25, 0.3) is 10.6 Å². The van der Waals surface area contributed by atoms with Crippen LogP contribution in [0, 0.1) is 6.92 Å². The zero-order chi connectivity index (χ0) is 21.1. The molecule has 1 aromatic heterocycles. The Hall–Kier alpha value is -2.90. The van der Waals surface area contributed by atoms with Crippen molar-refractivity contribution in [3.05, 3.63) is 59.1 Å². The van der Waals surface area contributed by atoms with Crippen LogP contribution >= 0.6 is 11.3 Å². The number of aromatic nitrogens is 1. The lowest BCUT2D eigenvalue weighted by Gasteiger charge is -2.35. The maximum absolute atomic E-state index is 12.7. The quantitative estimate of drug-likeness (QED) is 0.670. The molecule has 1 N–H and O–H groups in total. The number of aryl methyl sites for hydroxylation is 1. The molecule has 0 spiro atoms. The second-order valence-corrected chi connectivity index (χ2v) is 8.37. The van der Waals surface area contributed by atoms with Crippen molar-refractivity contribution in [2.75, 3.05) is 50.6 Å². The van der Waals surface area contributed by atoms with Gasteiger partial charge in [-0.05, 0) is 62.0 Å². The zero-order valence-corrected chi connectivity index (χ0v) is 18.3. The molecule has 156 valence electrons. The van der Waals surface area contributed by atoms with E-state index in [1.165, 1.54) is 17.0 Å². The van der Waals surface area contributed by atoms with E-state index < -0.39 is 0 Å². The summed E-state index contributed by atoms with van der Waals surface area (Å²) in [5.74, 6) is 0.599. The average molecular weight is 423 g/mol. The van der Waals surface area contributed by atoms with Crippen molar-refractivity contribution in [1.82, 2.24) is 9.88 Å². The number of nitrogens with zero attached hydrogens (tertiary/aromatic N) is 3. The van der Waals surface area contributed by atoms with Crippen molar-refractivity contribution in [3.8, 4) is 16.3 Å². The molecule has 1 aliphatic heterocycles. The van der Waals surface area contributed by atoms with E-state index in [0.717, 1.165) is 53.8 Å². The number of piperazine rings is 1. The third kappa shape index (κ3) is 4.47. The molecule has 1 aliphatic rings. The van der Waals surface area contributed by atoms with Crippen molar-refractivity contribution in [1.29, 1.82) is 0 Å². The highest BCUT2D eigenvalue weighted by Crippen LogP contribution is 2.27. The number of hydrogen-bond donors (Lipinski definition) is 1. The summed E-state index contributed by atoms with van der Waals surface area (Å²) < 4.78 is 5.19. The van der Waals surface area contributed by atoms with Gasteiger partial charge in [0.05, 0.1) is 7.11 Å². The summed E-state index contributed by atoms with van der Waals surface area (Å²) in [7, 11) is 3.79. The second kappa shape index (κ2) is 8.85. The van der Waals surface area contributed by atoms with E-state index in [1.807, 2.05) is 36.4 Å². The van der Waals surface area contributed by atoms with Crippen molar-refractivity contribution >= 4 is 28.6 Å². The van der Waals surface area contributed by atoms with Crippen LogP contribution in [-0.4, -0.2) is 56.1 Å². The van der Waals surface area contributed by atoms with Gasteiger partial charge in [-0.2, -0.15) is 0 Å². The standard InChI is InChI=1S/C23H26N4O2S/c1-16-14-18(6-9-21(16)27-12-10-26(2)11-13-27)24-22(28)20-15-30-23(25-20)17-4-7-19(29-3)8-5-17/h4-9,14-15H,10-13H2,1-3H3,(H,24,28). The molecule has 0 unspecified atom stereocenters. The Bertz CT molecular complexity index is 1020. The summed E-state index contributed by atoms with van der Waals surface area (Å²) in [4.78, 5) is 21.9. The van der Waals surface area contributed by atoms with Crippen LogP contribution in [0.2, 0.25) is 0 Å². The fourth-order valence-electron chi connectivity index (χ4n) is 3.57. The summed E-state index contributed by atoms with van der Waals surface area (Å²) in [6.45, 7) is 6.27. The number of likely N-dealkylation sites (N-methyl/N-ethyl adjacent to an activating group) is 1. The third-order valence-electron chi connectivity index (χ3n) is 5.37. The Morgan fingerprint density at radius 3 is 2.50 bits per heavy atom. The molecule has 30 heavy (non-hydrogen) atoms. The lowest BCUT2D eigenvalue weighted by molar-refractivity contribution is 0.102. The van der Waals surface area contributed by atoms with Gasteiger partial charge in [0.25, 0.3) is 5.91 Å². The van der Waals surface area contributed by atoms with Gasteiger partial charge in [-0.25, -0.2) is 4.98 Å². The zero-order valence-electron chi connectivity index (χ0n) is 17.5. The third-order valence-corrected chi connectivity index (χ3v) is 6.26. The maximum atomic E-state index is 12.7. The Labute approximate surface area is 181 Å². The lowest BCUT2D eigenvalue weighted by Crippen LogP contribution is -2.44. The van der Waals surface area contributed by atoms with Crippen molar-refractivity contribution < 1.29 is 9.53 Å². The summed E-state index contributed by atoms with van der Waals surface area (Å²) in [5, 5.41) is 5.58. The highest BCUT2D eigenvalue weighted by atomic mass is 32.1. The monoisotopic (exact) mass is 422 g/mol. The molecule has 0 radical (unpaired) electrons. The molecular formula is C23H26N4O2S. The van der Waals surface area contributed by atoms with Gasteiger partial charge in [-0.3, -0.25) is 4.79 Å². The van der Waals surface area contributed by atoms with E-state index in [9.17, 15) is 4.79 Å². The molecule has 1 saturated heterocycles. The highest BCUT2D eigenvalue weighted by Gasteiger charge is 2.17. The number of carbonyl (C=O) groups excluding carboxylic acids is 1. The Morgan fingerprint density at radius 2 is 1.83 bits per heavy atom. The van der Waals surface area contributed by atoms with Crippen molar-refractivity contribution in [2.24, 2.45) is 0 Å². The fourth-order valence-corrected chi connectivity index (χ4v) is 4.38. The molecule has 0 atom stereocenters. The minimum Gasteiger partial charge on any atom is -0.497 e. The van der Waals surface area contributed by atoms with Crippen LogP contribution in [0.1, 0.15) is 16.1 Å². The number of nitrogens with one attached hydrogen (secondary N) is 1. The Morgan fingerprint density at radius 1 is 1.10 bits per heavy atom. The van der Waals surface area contributed by atoms with E-state index >= 15 is 0 Å². The first-order valence-electron chi connectivity index (χ1n) is 9.99. The number of hydrogen-bond acceptors (Lipinski definition) is 6. The van der Waals surface area contributed by atoms with E-state index in [2.05, 4.69) is 40.1 Å². The van der Waals surface area contributed by atoms with Gasteiger partial charge in [-0.15, -0.1) is 11.3 Å². The van der Waals surface area contributed by atoms with Crippen LogP contribution in [0.4, 0.5) is 11.4 Å². The van der Waals surface area contributed by atoms with Gasteiger partial charge in [-0.1, -0.05) is 0 Å². The first kappa shape index (κ1) is 20.4. The van der Waals surface area contributed by atoms with E-state index in [0.29, 0.717) is 5.69 Å². The Kier molecular flexibility index (Phi) is 6.01. The summed E-state index contributed by atoms with van der Waals surface area (Å²) in [5.41, 5.74) is 4.57. The minimum atomic E-state index is -0.197. The first-order chi connectivity index (χ1) is 14.5. The van der Waals surface area contributed by atoms with Gasteiger partial charge in [0, 0.05) is 48.5 Å². The molecule has 2 heterocycles. The van der Waals surface area contributed by atoms with Crippen molar-refractivity contribution in [2.45, 2.75) is 6.92 Å². The van der Waals surface area contributed by atoms with Gasteiger partial charge >= 0.3 is 0 Å². The number of rotatable bonds is 5. The molecular weight excluding hydrogens is 396 g/mol. The number of methoxy groups -OCH3 is 1. The van der Waals surface area contributed by atoms with E-state index in [-0.39, 0.29) is 5.91 Å². The SMILES string of the molecule is COc1ccc(-c2nc(C(=O)Nc3ccc(N4CCN(C)CC4)c(C)c3)cs2)cc1. The smallest absolute Gasteiger partial charge is 0.275 e. The lowest BCUT2D eigenvalue weighted by atomic mass is 10.1. The molecule has 3 aromatic rings. The summed E-state index contributed by atoms with van der Waals surface area (Å²) in [6, 6.07) is 13.8. The van der Waals surface area contributed by atoms with Gasteiger partial charge in [0.15, 0.2) is 0 Å². The molecule has 2 aromatic carbocycles. The molecule has 0 aliphatic carbocycles. The molecule has 4 rings (SSSR count). The highest BCUT2D eigenvalue weighted by molar-refractivity contribution is 7.13. The van der Waals surface area contributed by atoms with Crippen LogP contribution in [0.3, 0.4) is 0 Å². The maximum Gasteiger partial charge on any atom is 0.275 e. The molecule has 7 heteroatoms. The molecule has 1 fully saturated rings. The number of carbonyl (C=O) groups is 1. The molecule has 0 saturated carbocycles. The average Bonchev–Trinajstić information content (AvgIpc) is 3.25. The topological polar surface area (TPSA) is 57.7 Å². The number of ether oxygens (including phenoxy) is 1. The second-order valence-electron chi connectivity index (χ2n) is 7.51. The van der Waals surface area contributed by atoms with E-state index in [1.54, 1.807) is 12.5 Å². The number of anilines is 2. The predicted octanol–water partition coefficient (Wildman–Crippen LogP) is 4.13. The Balaban J connectivity index is 1.43. The number of benzene rings is 2. The molecule has 0 bridgehead atoms. The summed E-state index contributed by atoms with van der Waals surface area (Å²) >= 11 is 1.46. The van der Waals surface area contributed by atoms with Crippen LogP contribution < -0.4 is 15.0 Å². The van der Waals surface area contributed by atoms with Crippen molar-refractivity contribution in [3.63, 3.8) is 0 Å². The molecule has 6 nitrogen and oxygen atoms in total. The number of thiazole rings is 1. The first-order valence-corrected chi connectivity index (χ1v) is 10.9.